The van der Waals surface area contributed by atoms with Crippen molar-refractivity contribution in [1.29, 1.82) is 0 Å². The van der Waals surface area contributed by atoms with Gasteiger partial charge >= 0.3 is 0 Å². The van der Waals surface area contributed by atoms with E-state index in [0.29, 0.717) is 6.54 Å². The lowest BCUT2D eigenvalue weighted by molar-refractivity contribution is 0.331. The molecule has 0 aliphatic rings. The van der Waals surface area contributed by atoms with E-state index in [1.807, 2.05) is 0 Å². The van der Waals surface area contributed by atoms with E-state index in [2.05, 4.69) is 76.4 Å². The van der Waals surface area contributed by atoms with Gasteiger partial charge in [0.25, 0.3) is 0 Å². The minimum Gasteiger partial charge on any atom is -0.326 e. The molecule has 2 aromatic carbocycles. The van der Waals surface area contributed by atoms with Crippen LogP contribution >= 0.6 is 15.9 Å². The van der Waals surface area contributed by atoms with Gasteiger partial charge in [0.05, 0.1) is 0 Å². The lowest BCUT2D eigenvalue weighted by atomic mass is 10.1. The van der Waals surface area contributed by atoms with E-state index in [9.17, 15) is 0 Å². The molecule has 0 atom stereocenters. The second-order valence-corrected chi connectivity index (χ2v) is 6.06. The zero-order valence-electron chi connectivity index (χ0n) is 11.8. The molecule has 0 fully saturated rings. The van der Waals surface area contributed by atoms with Crippen LogP contribution < -0.4 is 5.73 Å². The maximum atomic E-state index is 5.68. The fourth-order valence-electron chi connectivity index (χ4n) is 2.26. The molecule has 0 saturated heterocycles. The number of rotatable bonds is 6. The van der Waals surface area contributed by atoms with Gasteiger partial charge in [-0.15, -0.1) is 0 Å². The molecule has 0 saturated carbocycles. The molecule has 0 unspecified atom stereocenters. The van der Waals surface area contributed by atoms with E-state index in [1.54, 1.807) is 0 Å². The minimum atomic E-state index is 0.607. The molecule has 2 rings (SSSR count). The summed E-state index contributed by atoms with van der Waals surface area (Å²) in [6.07, 6.45) is 1.06. The van der Waals surface area contributed by atoms with Crippen molar-refractivity contribution in [3.8, 4) is 0 Å². The SMILES string of the molecule is CN(CCc1cccc(Br)c1)Cc1cccc(CN)c1. The molecule has 20 heavy (non-hydrogen) atoms. The molecular formula is C17H21BrN2. The van der Waals surface area contributed by atoms with Gasteiger partial charge in [0.1, 0.15) is 0 Å². The van der Waals surface area contributed by atoms with E-state index in [0.717, 1.165) is 24.0 Å². The van der Waals surface area contributed by atoms with E-state index in [4.69, 9.17) is 5.73 Å². The predicted molar refractivity (Wildman–Crippen MR) is 88.5 cm³/mol. The third-order valence-corrected chi connectivity index (χ3v) is 3.84. The lowest BCUT2D eigenvalue weighted by Crippen LogP contribution is -2.20. The van der Waals surface area contributed by atoms with Crippen molar-refractivity contribution in [2.45, 2.75) is 19.5 Å². The Morgan fingerprint density at radius 2 is 1.70 bits per heavy atom. The number of hydrogen-bond donors (Lipinski definition) is 1. The Balaban J connectivity index is 1.87. The number of halogens is 1. The molecule has 0 aliphatic carbocycles. The summed E-state index contributed by atoms with van der Waals surface area (Å²) in [5.74, 6) is 0. The summed E-state index contributed by atoms with van der Waals surface area (Å²) in [6, 6.07) is 17.0. The normalized spacial score (nSPS) is 11.0. The molecule has 0 spiro atoms. The van der Waals surface area contributed by atoms with Gasteiger partial charge in [-0.2, -0.15) is 0 Å². The van der Waals surface area contributed by atoms with Crippen LogP contribution in [0.25, 0.3) is 0 Å². The third-order valence-electron chi connectivity index (χ3n) is 3.35. The summed E-state index contributed by atoms with van der Waals surface area (Å²) in [5, 5.41) is 0. The van der Waals surface area contributed by atoms with Gasteiger partial charge in [-0.3, -0.25) is 0 Å². The Labute approximate surface area is 129 Å². The van der Waals surface area contributed by atoms with E-state index in [1.165, 1.54) is 16.7 Å². The average molecular weight is 333 g/mol. The molecule has 2 nitrogen and oxygen atoms in total. The standard InChI is InChI=1S/C17H21BrN2/c1-20(9-8-14-4-3-7-17(18)11-14)13-16-6-2-5-15(10-16)12-19/h2-7,10-11H,8-9,12-13,19H2,1H3. The number of likely N-dealkylation sites (N-methyl/N-ethyl adjacent to an activating group) is 1. The third kappa shape index (κ3) is 4.75. The zero-order valence-corrected chi connectivity index (χ0v) is 13.4. The summed E-state index contributed by atoms with van der Waals surface area (Å²) in [4.78, 5) is 2.34. The van der Waals surface area contributed by atoms with Gasteiger partial charge in [-0.1, -0.05) is 52.3 Å². The van der Waals surface area contributed by atoms with Crippen LogP contribution in [-0.2, 0) is 19.5 Å². The topological polar surface area (TPSA) is 29.3 Å². The van der Waals surface area contributed by atoms with Crippen molar-refractivity contribution >= 4 is 15.9 Å². The van der Waals surface area contributed by atoms with E-state index < -0.39 is 0 Å². The van der Waals surface area contributed by atoms with Crippen LogP contribution in [0.4, 0.5) is 0 Å². The van der Waals surface area contributed by atoms with Crippen LogP contribution in [0.1, 0.15) is 16.7 Å². The molecule has 2 aromatic rings. The van der Waals surface area contributed by atoms with Crippen molar-refractivity contribution in [3.05, 3.63) is 69.7 Å². The van der Waals surface area contributed by atoms with Gasteiger partial charge in [-0.25, -0.2) is 0 Å². The molecule has 0 aromatic heterocycles. The van der Waals surface area contributed by atoms with Crippen LogP contribution in [0.15, 0.2) is 53.0 Å². The predicted octanol–water partition coefficient (Wildman–Crippen LogP) is 3.58. The summed E-state index contributed by atoms with van der Waals surface area (Å²) in [7, 11) is 2.16. The maximum absolute atomic E-state index is 5.68. The molecule has 0 heterocycles. The van der Waals surface area contributed by atoms with Crippen LogP contribution in [-0.4, -0.2) is 18.5 Å². The lowest BCUT2D eigenvalue weighted by Gasteiger charge is -2.17. The van der Waals surface area contributed by atoms with Crippen molar-refractivity contribution in [3.63, 3.8) is 0 Å². The number of benzene rings is 2. The van der Waals surface area contributed by atoms with Gasteiger partial charge in [0, 0.05) is 24.1 Å². The first kappa shape index (κ1) is 15.2. The first-order valence-electron chi connectivity index (χ1n) is 6.88. The van der Waals surface area contributed by atoms with E-state index in [-0.39, 0.29) is 0 Å². The molecule has 3 heteroatoms. The largest absolute Gasteiger partial charge is 0.326 e. The Morgan fingerprint density at radius 1 is 1.00 bits per heavy atom. The summed E-state index contributed by atoms with van der Waals surface area (Å²) < 4.78 is 1.15. The minimum absolute atomic E-state index is 0.607. The molecule has 106 valence electrons. The second kappa shape index (κ2) is 7.58. The fourth-order valence-corrected chi connectivity index (χ4v) is 2.70. The van der Waals surface area contributed by atoms with Crippen molar-refractivity contribution in [2.75, 3.05) is 13.6 Å². The molecule has 0 radical (unpaired) electrons. The Morgan fingerprint density at radius 3 is 2.45 bits per heavy atom. The Kier molecular flexibility index (Phi) is 5.77. The van der Waals surface area contributed by atoms with Crippen molar-refractivity contribution in [1.82, 2.24) is 4.90 Å². The van der Waals surface area contributed by atoms with Crippen LogP contribution in [0, 0.1) is 0 Å². The highest BCUT2D eigenvalue weighted by Gasteiger charge is 2.02. The summed E-state index contributed by atoms with van der Waals surface area (Å²) in [5.41, 5.74) is 9.56. The quantitative estimate of drug-likeness (QED) is 0.875. The fraction of sp³-hybridized carbons (Fsp3) is 0.294. The summed E-state index contributed by atoms with van der Waals surface area (Å²) in [6.45, 7) is 2.61. The van der Waals surface area contributed by atoms with Gasteiger partial charge in [0.2, 0.25) is 0 Å². The number of nitrogens with two attached hydrogens (primary N) is 1. The molecule has 0 bridgehead atoms. The van der Waals surface area contributed by atoms with Crippen molar-refractivity contribution in [2.24, 2.45) is 5.73 Å². The molecule has 0 aliphatic heterocycles. The molecular weight excluding hydrogens is 312 g/mol. The average Bonchev–Trinajstić information content (AvgIpc) is 2.45. The van der Waals surface area contributed by atoms with Crippen LogP contribution in [0.3, 0.4) is 0 Å². The second-order valence-electron chi connectivity index (χ2n) is 5.14. The van der Waals surface area contributed by atoms with Crippen molar-refractivity contribution < 1.29 is 0 Å². The van der Waals surface area contributed by atoms with Gasteiger partial charge in [-0.05, 0) is 42.3 Å². The highest BCUT2D eigenvalue weighted by atomic mass is 79.9. The first-order valence-corrected chi connectivity index (χ1v) is 7.67. The monoisotopic (exact) mass is 332 g/mol. The highest BCUT2D eigenvalue weighted by Crippen LogP contribution is 2.13. The van der Waals surface area contributed by atoms with Gasteiger partial charge in [0.15, 0.2) is 0 Å². The highest BCUT2D eigenvalue weighted by molar-refractivity contribution is 9.10. The van der Waals surface area contributed by atoms with Gasteiger partial charge < -0.3 is 10.6 Å². The number of nitrogens with zero attached hydrogens (tertiary/aromatic N) is 1. The van der Waals surface area contributed by atoms with E-state index >= 15 is 0 Å². The Bertz CT molecular complexity index is 554. The number of hydrogen-bond acceptors (Lipinski definition) is 2. The van der Waals surface area contributed by atoms with Crippen LogP contribution in [0.2, 0.25) is 0 Å². The molecule has 2 N–H and O–H groups in total. The Hall–Kier alpha value is -1.16. The summed E-state index contributed by atoms with van der Waals surface area (Å²) >= 11 is 3.51. The zero-order chi connectivity index (χ0) is 14.4. The molecule has 0 amide bonds. The van der Waals surface area contributed by atoms with Crippen LogP contribution in [0.5, 0.6) is 0 Å². The maximum Gasteiger partial charge on any atom is 0.0230 e. The smallest absolute Gasteiger partial charge is 0.0230 e. The first-order chi connectivity index (χ1) is 9.67.